The van der Waals surface area contributed by atoms with Gasteiger partial charge in [0.25, 0.3) is 0 Å². The summed E-state index contributed by atoms with van der Waals surface area (Å²) in [5, 5.41) is 23.4. The van der Waals surface area contributed by atoms with Gasteiger partial charge in [-0.1, -0.05) is 11.3 Å². The zero-order chi connectivity index (χ0) is 16.3. The van der Waals surface area contributed by atoms with Crippen LogP contribution in [0.4, 0.5) is 10.9 Å². The van der Waals surface area contributed by atoms with Crippen LogP contribution < -0.4 is 9.80 Å². The average Bonchev–Trinajstić information content (AvgIpc) is 3.30. The van der Waals surface area contributed by atoms with E-state index < -0.39 is 0 Å². The number of aromatic nitrogens is 6. The van der Waals surface area contributed by atoms with Crippen molar-refractivity contribution < 1.29 is 0 Å². The molecule has 5 rings (SSSR count). The second kappa shape index (κ2) is 5.10. The molecule has 2 aliphatic rings. The van der Waals surface area contributed by atoms with Crippen molar-refractivity contribution >= 4 is 27.9 Å². The number of hydrogen-bond donors (Lipinski definition) is 0. The molecule has 8 nitrogen and oxygen atoms in total. The zero-order valence-electron chi connectivity index (χ0n) is 13.6. The van der Waals surface area contributed by atoms with E-state index in [1.165, 1.54) is 0 Å². The van der Waals surface area contributed by atoms with Gasteiger partial charge in [-0.3, -0.25) is 0 Å². The molecule has 2 aliphatic heterocycles. The van der Waals surface area contributed by atoms with Crippen LogP contribution in [0.25, 0.3) is 5.65 Å². The third-order valence-corrected chi connectivity index (χ3v) is 5.90. The van der Waals surface area contributed by atoms with Crippen LogP contribution >= 0.6 is 11.3 Å². The van der Waals surface area contributed by atoms with Gasteiger partial charge in [-0.25, -0.2) is 0 Å². The van der Waals surface area contributed by atoms with Crippen molar-refractivity contribution in [2.45, 2.75) is 13.8 Å². The van der Waals surface area contributed by atoms with E-state index in [2.05, 4.69) is 36.3 Å². The Bertz CT molecular complexity index is 888. The van der Waals surface area contributed by atoms with Gasteiger partial charge < -0.3 is 9.80 Å². The SMILES string of the molecule is Cc1nnc(N2CC3CN(c4ccc5nnc(C)n5n4)CC3C2)s1. The summed E-state index contributed by atoms with van der Waals surface area (Å²) in [6.07, 6.45) is 0. The molecule has 2 fully saturated rings. The largest absolute Gasteiger partial charge is 0.354 e. The molecule has 0 radical (unpaired) electrons. The van der Waals surface area contributed by atoms with Crippen molar-refractivity contribution in [2.24, 2.45) is 11.8 Å². The summed E-state index contributed by atoms with van der Waals surface area (Å²) in [6, 6.07) is 4.04. The Kier molecular flexibility index (Phi) is 2.99. The highest BCUT2D eigenvalue weighted by molar-refractivity contribution is 7.15. The molecule has 0 bridgehead atoms. The standard InChI is InChI=1S/C15H18N8S/c1-9-16-18-13-3-4-14(20-23(9)13)21-5-11-7-22(8-12(11)6-21)15-19-17-10(2)24-15/h3-4,11-12H,5-8H2,1-2H3. The van der Waals surface area contributed by atoms with Gasteiger partial charge in [0, 0.05) is 38.0 Å². The lowest BCUT2D eigenvalue weighted by atomic mass is 10.0. The maximum absolute atomic E-state index is 4.71. The zero-order valence-corrected chi connectivity index (χ0v) is 14.4. The third kappa shape index (κ3) is 2.15. The Morgan fingerprint density at radius 3 is 2.38 bits per heavy atom. The van der Waals surface area contributed by atoms with Crippen molar-refractivity contribution in [1.82, 2.24) is 30.0 Å². The Balaban J connectivity index is 1.34. The normalized spacial score (nSPS) is 23.4. The number of fused-ring (bicyclic) bond motifs is 2. The van der Waals surface area contributed by atoms with E-state index in [-0.39, 0.29) is 0 Å². The first-order valence-corrected chi connectivity index (χ1v) is 8.98. The van der Waals surface area contributed by atoms with Gasteiger partial charge in [0.2, 0.25) is 5.13 Å². The molecule has 0 amide bonds. The molecule has 0 aromatic carbocycles. The molecule has 9 heteroatoms. The van der Waals surface area contributed by atoms with E-state index in [1.54, 1.807) is 11.3 Å². The average molecular weight is 342 g/mol. The van der Waals surface area contributed by atoms with E-state index in [4.69, 9.17) is 5.10 Å². The highest BCUT2D eigenvalue weighted by Gasteiger charge is 2.41. The van der Waals surface area contributed by atoms with Gasteiger partial charge in [-0.15, -0.1) is 25.5 Å². The maximum Gasteiger partial charge on any atom is 0.208 e. The Labute approximate surface area is 143 Å². The van der Waals surface area contributed by atoms with E-state index in [1.807, 2.05) is 24.4 Å². The van der Waals surface area contributed by atoms with Crippen LogP contribution in [0.3, 0.4) is 0 Å². The number of rotatable bonds is 2. The van der Waals surface area contributed by atoms with Crippen molar-refractivity contribution in [3.8, 4) is 0 Å². The third-order valence-electron chi connectivity index (χ3n) is 5.00. The van der Waals surface area contributed by atoms with Crippen molar-refractivity contribution in [2.75, 3.05) is 36.0 Å². The summed E-state index contributed by atoms with van der Waals surface area (Å²) in [5.41, 5.74) is 0.799. The van der Waals surface area contributed by atoms with E-state index >= 15 is 0 Å². The lowest BCUT2D eigenvalue weighted by Crippen LogP contribution is -2.29. The summed E-state index contributed by atoms with van der Waals surface area (Å²) in [7, 11) is 0. The summed E-state index contributed by atoms with van der Waals surface area (Å²) < 4.78 is 1.82. The molecule has 0 aliphatic carbocycles. The Hall–Kier alpha value is -2.29. The van der Waals surface area contributed by atoms with Gasteiger partial charge in [-0.2, -0.15) is 4.52 Å². The topological polar surface area (TPSA) is 75.3 Å². The molecule has 0 spiro atoms. The van der Waals surface area contributed by atoms with Crippen molar-refractivity contribution in [3.63, 3.8) is 0 Å². The fourth-order valence-corrected chi connectivity index (χ4v) is 4.51. The van der Waals surface area contributed by atoms with Gasteiger partial charge >= 0.3 is 0 Å². The minimum Gasteiger partial charge on any atom is -0.354 e. The molecule has 5 heterocycles. The highest BCUT2D eigenvalue weighted by Crippen LogP contribution is 2.36. The predicted octanol–water partition coefficient (Wildman–Crippen LogP) is 1.17. The monoisotopic (exact) mass is 342 g/mol. The van der Waals surface area contributed by atoms with Crippen molar-refractivity contribution in [1.29, 1.82) is 0 Å². The molecule has 0 N–H and O–H groups in total. The molecule has 3 aromatic rings. The number of hydrogen-bond acceptors (Lipinski definition) is 8. The molecule has 124 valence electrons. The minimum absolute atomic E-state index is 0.661. The lowest BCUT2D eigenvalue weighted by Gasteiger charge is -2.21. The minimum atomic E-state index is 0.661. The van der Waals surface area contributed by atoms with Crippen molar-refractivity contribution in [3.05, 3.63) is 23.0 Å². The smallest absolute Gasteiger partial charge is 0.208 e. The van der Waals surface area contributed by atoms with Crippen LogP contribution in [0.15, 0.2) is 12.1 Å². The molecule has 2 unspecified atom stereocenters. The lowest BCUT2D eigenvalue weighted by molar-refractivity contribution is 0.533. The molecule has 3 aromatic heterocycles. The van der Waals surface area contributed by atoms with Crippen LogP contribution in [0.2, 0.25) is 0 Å². The molecular formula is C15H18N8S. The number of aryl methyl sites for hydroxylation is 2. The fraction of sp³-hybridized carbons (Fsp3) is 0.533. The fourth-order valence-electron chi connectivity index (χ4n) is 3.81. The second-order valence-corrected chi connectivity index (χ2v) is 7.80. The van der Waals surface area contributed by atoms with Crippen LogP contribution in [0.5, 0.6) is 0 Å². The Morgan fingerprint density at radius 1 is 0.917 bits per heavy atom. The van der Waals surface area contributed by atoms with Crippen LogP contribution in [0.1, 0.15) is 10.8 Å². The number of anilines is 2. The predicted molar refractivity (Wildman–Crippen MR) is 91.6 cm³/mol. The van der Waals surface area contributed by atoms with E-state index in [0.717, 1.165) is 53.6 Å². The Morgan fingerprint density at radius 2 is 1.67 bits per heavy atom. The highest BCUT2D eigenvalue weighted by atomic mass is 32.1. The van der Waals surface area contributed by atoms with E-state index in [0.29, 0.717) is 11.8 Å². The molecule has 24 heavy (non-hydrogen) atoms. The summed E-state index contributed by atoms with van der Waals surface area (Å²) in [4.78, 5) is 4.77. The van der Waals surface area contributed by atoms with Gasteiger partial charge in [0.15, 0.2) is 11.5 Å². The second-order valence-electron chi connectivity index (χ2n) is 6.64. The molecule has 0 saturated carbocycles. The number of nitrogens with zero attached hydrogens (tertiary/aromatic N) is 8. The first kappa shape index (κ1) is 14.1. The van der Waals surface area contributed by atoms with Crippen LogP contribution in [-0.4, -0.2) is 56.2 Å². The summed E-state index contributed by atoms with van der Waals surface area (Å²) in [6.45, 7) is 8.14. The first-order chi connectivity index (χ1) is 11.7. The molecule has 2 atom stereocenters. The van der Waals surface area contributed by atoms with Gasteiger partial charge in [0.05, 0.1) is 0 Å². The maximum atomic E-state index is 4.71. The first-order valence-electron chi connectivity index (χ1n) is 8.16. The molecular weight excluding hydrogens is 324 g/mol. The summed E-state index contributed by atoms with van der Waals surface area (Å²) >= 11 is 1.69. The van der Waals surface area contributed by atoms with Gasteiger partial charge in [0.1, 0.15) is 10.8 Å². The molecule has 2 saturated heterocycles. The van der Waals surface area contributed by atoms with E-state index in [9.17, 15) is 0 Å². The quantitative estimate of drug-likeness (QED) is 0.692. The van der Waals surface area contributed by atoms with Crippen LogP contribution in [-0.2, 0) is 0 Å². The van der Waals surface area contributed by atoms with Gasteiger partial charge in [-0.05, 0) is 26.0 Å². The van der Waals surface area contributed by atoms with Crippen LogP contribution in [0, 0.1) is 25.7 Å². The summed E-state index contributed by atoms with van der Waals surface area (Å²) in [5.74, 6) is 3.16.